The molecule has 80 valence electrons. The van der Waals surface area contributed by atoms with Crippen molar-refractivity contribution >= 4 is 13.1 Å². The van der Waals surface area contributed by atoms with E-state index < -0.39 is 0 Å². The first kappa shape index (κ1) is 11.8. The van der Waals surface area contributed by atoms with Crippen LogP contribution in [-0.4, -0.2) is 18.1 Å². The molecule has 0 fully saturated rings. The number of aromatic nitrogens is 1. The van der Waals surface area contributed by atoms with Crippen molar-refractivity contribution in [2.45, 2.75) is 27.1 Å². The zero-order chi connectivity index (χ0) is 11.3. The lowest BCUT2D eigenvalue weighted by molar-refractivity contribution is 0.224. The third kappa shape index (κ3) is 5.20. The topological polar surface area (TPSA) is 39.2 Å². The van der Waals surface area contributed by atoms with Gasteiger partial charge >= 0.3 is 0 Å². The summed E-state index contributed by atoms with van der Waals surface area (Å²) < 4.78 is 5.13. The van der Waals surface area contributed by atoms with Crippen molar-refractivity contribution in [1.29, 1.82) is 0 Å². The second kappa shape index (κ2) is 4.96. The number of hydrogen-bond acceptors (Lipinski definition) is 3. The number of hydrogen-bond donors (Lipinski definition) is 0. The second-order valence-electron chi connectivity index (χ2n) is 4.72. The summed E-state index contributed by atoms with van der Waals surface area (Å²) in [5, 5.41) is 0. The molecule has 15 heavy (non-hydrogen) atoms. The molecular formula is C11H16BNO2. The average Bonchev–Trinajstić information content (AvgIpc) is 2.15. The average molecular weight is 205 g/mol. The van der Waals surface area contributed by atoms with Gasteiger partial charge in [0, 0.05) is 12.4 Å². The molecule has 0 unspecified atom stereocenters. The highest BCUT2D eigenvalue weighted by Crippen LogP contribution is 2.18. The van der Waals surface area contributed by atoms with E-state index in [4.69, 9.17) is 4.74 Å². The van der Waals surface area contributed by atoms with Crippen LogP contribution >= 0.6 is 0 Å². The number of pyridine rings is 1. The molecule has 0 saturated heterocycles. The van der Waals surface area contributed by atoms with Crippen LogP contribution in [0.15, 0.2) is 24.5 Å². The van der Waals surface area contributed by atoms with E-state index in [1.807, 2.05) is 0 Å². The first-order valence-corrected chi connectivity index (χ1v) is 5.08. The van der Waals surface area contributed by atoms with Gasteiger partial charge in [-0.3, -0.25) is 9.78 Å². The van der Waals surface area contributed by atoms with Gasteiger partial charge in [-0.25, -0.2) is 0 Å². The summed E-state index contributed by atoms with van der Waals surface area (Å²) in [6, 6.07) is 3.35. The Morgan fingerprint density at radius 2 is 2.00 bits per heavy atom. The van der Waals surface area contributed by atoms with Gasteiger partial charge in [0.2, 0.25) is 0 Å². The van der Waals surface area contributed by atoms with Gasteiger partial charge < -0.3 is 4.74 Å². The van der Waals surface area contributed by atoms with E-state index in [1.54, 1.807) is 24.5 Å². The molecule has 0 aliphatic carbocycles. The van der Waals surface area contributed by atoms with Crippen LogP contribution in [0.4, 0.5) is 4.79 Å². The number of ether oxygens (including phenoxy) is 1. The molecular weight excluding hydrogens is 189 g/mol. The Kier molecular flexibility index (Phi) is 3.89. The van der Waals surface area contributed by atoms with Crippen LogP contribution in [0.25, 0.3) is 0 Å². The summed E-state index contributed by atoms with van der Waals surface area (Å²) in [4.78, 5) is 15.3. The minimum Gasteiger partial charge on any atom is -0.435 e. The molecule has 0 aliphatic heterocycles. The minimum atomic E-state index is -0.184. The van der Waals surface area contributed by atoms with Gasteiger partial charge in [-0.15, -0.1) is 0 Å². The lowest BCUT2D eigenvalue weighted by Crippen LogP contribution is -2.19. The molecule has 4 heteroatoms. The molecule has 1 heterocycles. The fourth-order valence-electron chi connectivity index (χ4n) is 1.07. The third-order valence-electron chi connectivity index (χ3n) is 1.96. The lowest BCUT2D eigenvalue weighted by atomic mass is 9.65. The first-order chi connectivity index (χ1) is 6.97. The fourth-order valence-corrected chi connectivity index (χ4v) is 1.07. The molecule has 0 amide bonds. The number of rotatable bonds is 3. The van der Waals surface area contributed by atoms with Crippen LogP contribution in [-0.2, 0) is 0 Å². The maximum Gasteiger partial charge on any atom is 0.261 e. The van der Waals surface area contributed by atoms with E-state index in [2.05, 4.69) is 25.8 Å². The molecule has 1 aromatic rings. The molecule has 3 nitrogen and oxygen atoms in total. The summed E-state index contributed by atoms with van der Waals surface area (Å²) in [6.07, 6.45) is 4.04. The van der Waals surface area contributed by atoms with E-state index in [0.717, 1.165) is 6.32 Å². The molecule has 0 spiro atoms. The monoisotopic (exact) mass is 205 g/mol. The van der Waals surface area contributed by atoms with Crippen LogP contribution in [0, 0.1) is 5.41 Å². The summed E-state index contributed by atoms with van der Waals surface area (Å²) in [5.74, 6) is 0.375. The van der Waals surface area contributed by atoms with Crippen molar-refractivity contribution in [3.8, 4) is 5.75 Å². The van der Waals surface area contributed by atoms with Crippen molar-refractivity contribution in [2.24, 2.45) is 5.41 Å². The molecule has 0 aliphatic rings. The van der Waals surface area contributed by atoms with E-state index >= 15 is 0 Å². The van der Waals surface area contributed by atoms with Gasteiger partial charge in [0.1, 0.15) is 5.75 Å². The van der Waals surface area contributed by atoms with Gasteiger partial charge in [-0.1, -0.05) is 27.1 Å². The van der Waals surface area contributed by atoms with Crippen molar-refractivity contribution in [3.05, 3.63) is 24.5 Å². The first-order valence-electron chi connectivity index (χ1n) is 5.08. The van der Waals surface area contributed by atoms with Gasteiger partial charge in [0.05, 0.1) is 0 Å². The Balaban J connectivity index is 2.38. The maximum atomic E-state index is 11.4. The summed E-state index contributed by atoms with van der Waals surface area (Å²) in [5.41, 5.74) is 0.164. The van der Waals surface area contributed by atoms with E-state index in [9.17, 15) is 4.79 Å². The molecule has 0 N–H and O–H groups in total. The molecule has 0 bridgehead atoms. The second-order valence-corrected chi connectivity index (χ2v) is 4.72. The zero-order valence-electron chi connectivity index (χ0n) is 9.49. The molecule has 1 rings (SSSR count). The summed E-state index contributed by atoms with van der Waals surface area (Å²) in [6.45, 7) is 6.31. The van der Waals surface area contributed by atoms with Gasteiger partial charge in [0.15, 0.2) is 0 Å². The maximum absolute atomic E-state index is 11.4. The van der Waals surface area contributed by atoms with Gasteiger partial charge in [-0.05, 0) is 17.5 Å². The lowest BCUT2D eigenvalue weighted by Gasteiger charge is -2.16. The predicted molar refractivity (Wildman–Crippen MR) is 61.7 cm³/mol. The van der Waals surface area contributed by atoms with E-state index in [-0.39, 0.29) is 11.3 Å². The number of nitrogens with zero attached hydrogens (tertiary/aromatic N) is 1. The third-order valence-corrected chi connectivity index (χ3v) is 1.96. The summed E-state index contributed by atoms with van der Waals surface area (Å²) in [7, 11) is 0.450. The Hall–Kier alpha value is -1.32. The van der Waals surface area contributed by atoms with Gasteiger partial charge in [0.25, 0.3) is 13.1 Å². The predicted octanol–water partition coefficient (Wildman–Crippen LogP) is 2.48. The quantitative estimate of drug-likeness (QED) is 0.711. The Bertz CT molecular complexity index is 319. The normalized spacial score (nSPS) is 10.9. The van der Waals surface area contributed by atoms with Crippen LogP contribution in [0.5, 0.6) is 5.75 Å². The van der Waals surface area contributed by atoms with Crippen LogP contribution in [0.2, 0.25) is 6.32 Å². The Labute approximate surface area is 91.1 Å². The highest BCUT2D eigenvalue weighted by atomic mass is 16.5. The van der Waals surface area contributed by atoms with Crippen molar-refractivity contribution in [2.75, 3.05) is 0 Å². The van der Waals surface area contributed by atoms with Crippen molar-refractivity contribution in [1.82, 2.24) is 4.98 Å². The van der Waals surface area contributed by atoms with Crippen molar-refractivity contribution < 1.29 is 9.53 Å². The Morgan fingerprint density at radius 3 is 2.53 bits per heavy atom. The zero-order valence-corrected chi connectivity index (χ0v) is 9.49. The van der Waals surface area contributed by atoms with Gasteiger partial charge in [-0.2, -0.15) is 0 Å². The minimum absolute atomic E-state index is 0.164. The van der Waals surface area contributed by atoms with Crippen LogP contribution in [0.1, 0.15) is 20.8 Å². The molecule has 0 radical (unpaired) electrons. The standard InChI is InChI=1S/C11H16BNO2/c1-11(2,3)8-12-10(14)15-9-4-6-13-7-5-9/h4-7,12H,8H2,1-3H3. The number of carbonyl (C=O) groups is 1. The molecule has 1 aromatic heterocycles. The molecule has 0 atom stereocenters. The highest BCUT2D eigenvalue weighted by Gasteiger charge is 2.15. The van der Waals surface area contributed by atoms with Crippen LogP contribution in [0.3, 0.4) is 0 Å². The smallest absolute Gasteiger partial charge is 0.261 e. The fraction of sp³-hybridized carbons (Fsp3) is 0.455. The number of carbonyl (C=O) groups excluding carboxylic acids is 1. The molecule has 0 saturated carbocycles. The molecule has 0 aromatic carbocycles. The van der Waals surface area contributed by atoms with E-state index in [1.165, 1.54) is 0 Å². The SMILES string of the molecule is CC(C)(C)CBC(=O)Oc1ccncc1. The largest absolute Gasteiger partial charge is 0.435 e. The summed E-state index contributed by atoms with van der Waals surface area (Å²) >= 11 is 0. The van der Waals surface area contributed by atoms with E-state index in [0.29, 0.717) is 13.0 Å². The van der Waals surface area contributed by atoms with Crippen molar-refractivity contribution in [3.63, 3.8) is 0 Å². The Morgan fingerprint density at radius 1 is 1.40 bits per heavy atom. The highest BCUT2D eigenvalue weighted by molar-refractivity contribution is 6.72. The van der Waals surface area contributed by atoms with Crippen LogP contribution < -0.4 is 4.74 Å².